The van der Waals surface area contributed by atoms with Gasteiger partial charge in [-0.05, 0) is 13.0 Å². The Bertz CT molecular complexity index is 122. The van der Waals surface area contributed by atoms with Gasteiger partial charge in [0, 0.05) is 18.4 Å². The number of rotatable bonds is 2. The van der Waals surface area contributed by atoms with E-state index in [0.717, 1.165) is 6.42 Å². The molecule has 0 saturated carbocycles. The van der Waals surface area contributed by atoms with Crippen molar-refractivity contribution in [3.63, 3.8) is 0 Å². The van der Waals surface area contributed by atoms with Crippen molar-refractivity contribution in [2.75, 3.05) is 6.54 Å². The number of nitrogens with two attached hydrogens (primary N) is 1. The van der Waals surface area contributed by atoms with E-state index >= 15 is 0 Å². The van der Waals surface area contributed by atoms with Crippen molar-refractivity contribution in [2.24, 2.45) is 11.7 Å². The summed E-state index contributed by atoms with van der Waals surface area (Å²) in [7, 11) is 0. The highest BCUT2D eigenvalue weighted by Gasteiger charge is 2.29. The van der Waals surface area contributed by atoms with Gasteiger partial charge in [-0.3, -0.25) is 4.79 Å². The highest BCUT2D eigenvalue weighted by atomic mass is 16.2. The van der Waals surface area contributed by atoms with Crippen LogP contribution in [-0.2, 0) is 4.79 Å². The van der Waals surface area contributed by atoms with Gasteiger partial charge in [0.2, 0.25) is 5.91 Å². The maximum Gasteiger partial charge on any atom is 0.220 e. The zero-order valence-corrected chi connectivity index (χ0v) is 6.26. The van der Waals surface area contributed by atoms with E-state index in [9.17, 15) is 4.79 Å². The van der Waals surface area contributed by atoms with E-state index in [0.29, 0.717) is 24.9 Å². The van der Waals surface area contributed by atoms with E-state index in [1.54, 1.807) is 0 Å². The second-order valence-corrected chi connectivity index (χ2v) is 2.78. The molecule has 1 heterocycles. The minimum atomic E-state index is 0.155. The van der Waals surface area contributed by atoms with Crippen molar-refractivity contribution in [3.8, 4) is 0 Å². The molecule has 0 aromatic carbocycles. The van der Waals surface area contributed by atoms with Gasteiger partial charge in [-0.2, -0.15) is 0 Å². The van der Waals surface area contributed by atoms with Gasteiger partial charge in [0.05, 0.1) is 0 Å². The van der Waals surface area contributed by atoms with Crippen LogP contribution in [0.4, 0.5) is 0 Å². The summed E-state index contributed by atoms with van der Waals surface area (Å²) in [5.41, 5.74) is 5.47. The van der Waals surface area contributed by atoms with E-state index in [2.05, 4.69) is 12.2 Å². The third kappa shape index (κ3) is 1.29. The molecule has 1 aliphatic rings. The first-order valence-corrected chi connectivity index (χ1v) is 3.77. The highest BCUT2D eigenvalue weighted by molar-refractivity contribution is 5.79. The molecule has 1 fully saturated rings. The van der Waals surface area contributed by atoms with Crippen molar-refractivity contribution in [3.05, 3.63) is 0 Å². The predicted molar refractivity (Wildman–Crippen MR) is 39.4 cm³/mol. The molecular weight excluding hydrogens is 128 g/mol. The van der Waals surface area contributed by atoms with Crippen molar-refractivity contribution < 1.29 is 4.79 Å². The Morgan fingerprint density at radius 3 is 2.90 bits per heavy atom. The lowest BCUT2D eigenvalue weighted by molar-refractivity contribution is -0.119. The lowest BCUT2D eigenvalue weighted by atomic mass is 9.99. The highest BCUT2D eigenvalue weighted by Crippen LogP contribution is 2.16. The largest absolute Gasteiger partial charge is 0.353 e. The zero-order valence-electron chi connectivity index (χ0n) is 6.26. The monoisotopic (exact) mass is 142 g/mol. The molecule has 0 aromatic rings. The molecule has 3 heteroatoms. The van der Waals surface area contributed by atoms with Crippen LogP contribution in [0.5, 0.6) is 0 Å². The van der Waals surface area contributed by atoms with Crippen molar-refractivity contribution >= 4 is 5.91 Å². The molecule has 0 bridgehead atoms. The van der Waals surface area contributed by atoms with Gasteiger partial charge in [-0.1, -0.05) is 6.92 Å². The van der Waals surface area contributed by atoms with Gasteiger partial charge in [-0.15, -0.1) is 0 Å². The van der Waals surface area contributed by atoms with E-state index in [1.807, 2.05) is 0 Å². The summed E-state index contributed by atoms with van der Waals surface area (Å²) in [4.78, 5) is 10.8. The topological polar surface area (TPSA) is 55.1 Å². The molecular formula is C7H14N2O. The molecule has 3 nitrogen and oxygen atoms in total. The van der Waals surface area contributed by atoms with Gasteiger partial charge < -0.3 is 11.1 Å². The molecule has 2 atom stereocenters. The average Bonchev–Trinajstić information content (AvgIpc) is 2.30. The van der Waals surface area contributed by atoms with Crippen LogP contribution in [0.25, 0.3) is 0 Å². The maximum atomic E-state index is 10.8. The van der Waals surface area contributed by atoms with Crippen LogP contribution in [-0.4, -0.2) is 18.5 Å². The summed E-state index contributed by atoms with van der Waals surface area (Å²) in [6, 6.07) is 0.331. The third-order valence-electron chi connectivity index (χ3n) is 2.11. The maximum absolute atomic E-state index is 10.8. The Balaban J connectivity index is 2.48. The molecule has 10 heavy (non-hydrogen) atoms. The molecule has 58 valence electrons. The summed E-state index contributed by atoms with van der Waals surface area (Å²) in [6.45, 7) is 2.69. The number of carbonyl (C=O) groups excluding carboxylic acids is 1. The van der Waals surface area contributed by atoms with E-state index in [-0.39, 0.29) is 5.91 Å². The molecule has 1 aliphatic heterocycles. The van der Waals surface area contributed by atoms with Gasteiger partial charge in [-0.25, -0.2) is 0 Å². The second-order valence-electron chi connectivity index (χ2n) is 2.78. The molecule has 1 rings (SSSR count). The fourth-order valence-corrected chi connectivity index (χ4v) is 1.45. The summed E-state index contributed by atoms with van der Waals surface area (Å²) >= 11 is 0. The molecule has 1 saturated heterocycles. The first-order chi connectivity index (χ1) is 4.77. The Kier molecular flexibility index (Phi) is 2.27. The van der Waals surface area contributed by atoms with Crippen LogP contribution in [0.3, 0.4) is 0 Å². The van der Waals surface area contributed by atoms with Gasteiger partial charge >= 0.3 is 0 Å². The normalized spacial score (nSPS) is 32.4. The number of amides is 1. The SMILES string of the molecule is CCC1NC(=O)CC1CN. The molecule has 0 radical (unpaired) electrons. The quantitative estimate of drug-likeness (QED) is 0.564. The van der Waals surface area contributed by atoms with E-state index < -0.39 is 0 Å². The fourth-order valence-electron chi connectivity index (χ4n) is 1.45. The Hall–Kier alpha value is -0.570. The first kappa shape index (κ1) is 7.54. The predicted octanol–water partition coefficient (Wildman–Crippen LogP) is -0.140. The summed E-state index contributed by atoms with van der Waals surface area (Å²) < 4.78 is 0. The van der Waals surface area contributed by atoms with Crippen LogP contribution >= 0.6 is 0 Å². The van der Waals surface area contributed by atoms with Crippen molar-refractivity contribution in [1.29, 1.82) is 0 Å². The molecule has 0 aromatic heterocycles. The third-order valence-corrected chi connectivity index (χ3v) is 2.11. The molecule has 0 aliphatic carbocycles. The second kappa shape index (κ2) is 3.01. The van der Waals surface area contributed by atoms with Crippen molar-refractivity contribution in [1.82, 2.24) is 5.32 Å². The number of carbonyl (C=O) groups is 1. The summed E-state index contributed by atoms with van der Waals surface area (Å²) in [5.74, 6) is 0.528. The van der Waals surface area contributed by atoms with Gasteiger partial charge in [0.15, 0.2) is 0 Å². The Morgan fingerprint density at radius 1 is 1.80 bits per heavy atom. The fraction of sp³-hybridized carbons (Fsp3) is 0.857. The van der Waals surface area contributed by atoms with Crippen LogP contribution < -0.4 is 11.1 Å². The molecule has 1 amide bonds. The van der Waals surface area contributed by atoms with Gasteiger partial charge in [0.1, 0.15) is 0 Å². The molecule has 0 spiro atoms. The van der Waals surface area contributed by atoms with E-state index in [1.165, 1.54) is 0 Å². The Morgan fingerprint density at radius 2 is 2.50 bits per heavy atom. The van der Waals surface area contributed by atoms with Crippen LogP contribution in [0.15, 0.2) is 0 Å². The van der Waals surface area contributed by atoms with Crippen LogP contribution in [0, 0.1) is 5.92 Å². The molecule has 2 unspecified atom stereocenters. The lowest BCUT2D eigenvalue weighted by Crippen LogP contribution is -2.31. The Labute approximate surface area is 61.0 Å². The molecule has 3 N–H and O–H groups in total. The number of hydrogen-bond acceptors (Lipinski definition) is 2. The first-order valence-electron chi connectivity index (χ1n) is 3.77. The smallest absolute Gasteiger partial charge is 0.220 e. The number of nitrogens with one attached hydrogen (secondary N) is 1. The van der Waals surface area contributed by atoms with Crippen LogP contribution in [0.1, 0.15) is 19.8 Å². The minimum absolute atomic E-state index is 0.155. The van der Waals surface area contributed by atoms with Crippen LogP contribution in [0.2, 0.25) is 0 Å². The van der Waals surface area contributed by atoms with Gasteiger partial charge in [0.25, 0.3) is 0 Å². The zero-order chi connectivity index (χ0) is 7.56. The van der Waals surface area contributed by atoms with E-state index in [4.69, 9.17) is 5.73 Å². The average molecular weight is 142 g/mol. The summed E-state index contributed by atoms with van der Waals surface area (Å²) in [6.07, 6.45) is 1.61. The standard InChI is InChI=1S/C7H14N2O/c1-2-6-5(4-8)3-7(10)9-6/h5-6H,2-4,8H2,1H3,(H,9,10). The number of hydrogen-bond donors (Lipinski definition) is 2. The minimum Gasteiger partial charge on any atom is -0.353 e. The lowest BCUT2D eigenvalue weighted by Gasteiger charge is -2.13. The summed E-state index contributed by atoms with van der Waals surface area (Å²) in [5, 5.41) is 2.89. The van der Waals surface area contributed by atoms with Crippen molar-refractivity contribution in [2.45, 2.75) is 25.8 Å².